The number of hydrogen-bond donors (Lipinski definition) is 2. The summed E-state index contributed by atoms with van der Waals surface area (Å²) in [4.78, 5) is 12.0. The van der Waals surface area contributed by atoms with Crippen LogP contribution in [0.3, 0.4) is 0 Å². The minimum Gasteiger partial charge on any atom is -0.354 e. The molecule has 1 aromatic carbocycles. The molecule has 2 N–H and O–H groups in total. The number of amides is 1. The highest BCUT2D eigenvalue weighted by Crippen LogP contribution is 2.16. The smallest absolute Gasteiger partial charge is 0.236 e. The van der Waals surface area contributed by atoms with Gasteiger partial charge < -0.3 is 5.32 Å². The van der Waals surface area contributed by atoms with Crippen molar-refractivity contribution in [3.05, 3.63) is 35.9 Å². The minimum absolute atomic E-state index is 0.0723. The summed E-state index contributed by atoms with van der Waals surface area (Å²) in [6, 6.07) is 10.3. The lowest BCUT2D eigenvalue weighted by atomic mass is 10.0. The predicted molar refractivity (Wildman–Crippen MR) is 79.9 cm³/mol. The van der Waals surface area contributed by atoms with Gasteiger partial charge in [0.2, 0.25) is 5.91 Å². The zero-order chi connectivity index (χ0) is 14.3. The van der Waals surface area contributed by atoms with Crippen LogP contribution in [-0.4, -0.2) is 18.5 Å². The average molecular weight is 262 g/mol. The third-order valence-corrected chi connectivity index (χ3v) is 3.14. The summed E-state index contributed by atoms with van der Waals surface area (Å²) >= 11 is 0. The molecule has 0 aliphatic carbocycles. The van der Waals surface area contributed by atoms with E-state index < -0.39 is 0 Å². The van der Waals surface area contributed by atoms with Crippen molar-refractivity contribution in [2.75, 3.05) is 6.54 Å². The third-order valence-electron chi connectivity index (χ3n) is 3.14. The highest BCUT2D eigenvalue weighted by molar-refractivity contribution is 5.81. The van der Waals surface area contributed by atoms with Crippen molar-refractivity contribution in [3.63, 3.8) is 0 Å². The van der Waals surface area contributed by atoms with Crippen molar-refractivity contribution < 1.29 is 4.79 Å². The van der Waals surface area contributed by atoms with E-state index in [9.17, 15) is 4.79 Å². The molecule has 2 unspecified atom stereocenters. The first-order chi connectivity index (χ1) is 9.04. The summed E-state index contributed by atoms with van der Waals surface area (Å²) in [6.07, 6.45) is 0.964. The van der Waals surface area contributed by atoms with Gasteiger partial charge in [-0.1, -0.05) is 51.1 Å². The van der Waals surface area contributed by atoms with E-state index in [1.807, 2.05) is 25.1 Å². The fraction of sp³-hybridized carbons (Fsp3) is 0.562. The zero-order valence-corrected chi connectivity index (χ0v) is 12.4. The fourth-order valence-corrected chi connectivity index (χ4v) is 1.97. The summed E-state index contributed by atoms with van der Waals surface area (Å²) < 4.78 is 0. The first-order valence-corrected chi connectivity index (χ1v) is 7.13. The van der Waals surface area contributed by atoms with Gasteiger partial charge in [-0.2, -0.15) is 0 Å². The van der Waals surface area contributed by atoms with E-state index >= 15 is 0 Å². The largest absolute Gasteiger partial charge is 0.354 e. The van der Waals surface area contributed by atoms with Gasteiger partial charge in [-0.25, -0.2) is 0 Å². The summed E-state index contributed by atoms with van der Waals surface area (Å²) in [5.41, 5.74) is 1.23. The van der Waals surface area contributed by atoms with Crippen molar-refractivity contribution in [2.45, 2.75) is 46.2 Å². The molecule has 0 saturated carbocycles. The van der Waals surface area contributed by atoms with Gasteiger partial charge >= 0.3 is 0 Å². The number of carbonyl (C=O) groups is 1. The van der Waals surface area contributed by atoms with E-state index in [-0.39, 0.29) is 18.0 Å². The Labute approximate surface area is 116 Å². The molecule has 3 nitrogen and oxygen atoms in total. The summed E-state index contributed by atoms with van der Waals surface area (Å²) in [5, 5.41) is 6.36. The molecule has 0 aliphatic heterocycles. The van der Waals surface area contributed by atoms with Crippen molar-refractivity contribution in [1.82, 2.24) is 10.6 Å². The van der Waals surface area contributed by atoms with Crippen LogP contribution >= 0.6 is 0 Å². The van der Waals surface area contributed by atoms with Crippen LogP contribution in [-0.2, 0) is 4.79 Å². The number of carbonyl (C=O) groups excluding carboxylic acids is 1. The highest BCUT2D eigenvalue weighted by Gasteiger charge is 2.17. The van der Waals surface area contributed by atoms with Crippen LogP contribution in [0.5, 0.6) is 0 Å². The van der Waals surface area contributed by atoms with E-state index in [4.69, 9.17) is 0 Å². The standard InChI is InChI=1S/C16H26N2O/c1-5-15(14-9-7-6-8-10-14)18-13(4)16(19)17-11-12(2)3/h6-10,12-13,15,18H,5,11H2,1-4H3,(H,17,19). The van der Waals surface area contributed by atoms with Gasteiger partial charge in [0.05, 0.1) is 6.04 Å². The summed E-state index contributed by atoms with van der Waals surface area (Å²) in [5.74, 6) is 0.551. The Balaban J connectivity index is 2.54. The molecule has 1 aromatic rings. The van der Waals surface area contributed by atoms with Gasteiger partial charge in [-0.3, -0.25) is 10.1 Å². The lowest BCUT2D eigenvalue weighted by molar-refractivity contribution is -0.123. The second kappa shape index (κ2) is 7.95. The Hall–Kier alpha value is -1.35. The maximum absolute atomic E-state index is 12.0. The van der Waals surface area contributed by atoms with E-state index in [1.54, 1.807) is 0 Å². The van der Waals surface area contributed by atoms with Gasteiger partial charge in [0.1, 0.15) is 0 Å². The lowest BCUT2D eigenvalue weighted by Crippen LogP contribution is -2.44. The molecule has 0 bridgehead atoms. The molecule has 3 heteroatoms. The maximum atomic E-state index is 12.0. The number of hydrogen-bond acceptors (Lipinski definition) is 2. The van der Waals surface area contributed by atoms with Gasteiger partial charge in [-0.15, -0.1) is 0 Å². The molecular formula is C16H26N2O. The maximum Gasteiger partial charge on any atom is 0.236 e. The molecule has 0 fully saturated rings. The van der Waals surface area contributed by atoms with Crippen LogP contribution in [0.1, 0.15) is 45.7 Å². The Bertz CT molecular complexity index is 376. The Kier molecular flexibility index (Phi) is 6.57. The van der Waals surface area contributed by atoms with Gasteiger partial charge in [-0.05, 0) is 24.8 Å². The van der Waals surface area contributed by atoms with Crippen LogP contribution < -0.4 is 10.6 Å². The van der Waals surface area contributed by atoms with Crippen molar-refractivity contribution in [2.24, 2.45) is 5.92 Å². The van der Waals surface area contributed by atoms with E-state index in [2.05, 4.69) is 43.5 Å². The SMILES string of the molecule is CCC(NC(C)C(=O)NCC(C)C)c1ccccc1. The van der Waals surface area contributed by atoms with E-state index in [1.165, 1.54) is 5.56 Å². The second-order valence-electron chi connectivity index (χ2n) is 5.40. The fourth-order valence-electron chi connectivity index (χ4n) is 1.97. The first-order valence-electron chi connectivity index (χ1n) is 7.13. The van der Waals surface area contributed by atoms with Crippen molar-refractivity contribution in [1.29, 1.82) is 0 Å². The van der Waals surface area contributed by atoms with Crippen LogP contribution in [0.15, 0.2) is 30.3 Å². The molecule has 1 rings (SSSR count). The average Bonchev–Trinajstić information content (AvgIpc) is 2.42. The Morgan fingerprint density at radius 3 is 2.32 bits per heavy atom. The highest BCUT2D eigenvalue weighted by atomic mass is 16.2. The van der Waals surface area contributed by atoms with Crippen LogP contribution in [0.25, 0.3) is 0 Å². The van der Waals surface area contributed by atoms with Crippen LogP contribution in [0.2, 0.25) is 0 Å². The van der Waals surface area contributed by atoms with Gasteiger partial charge in [0.25, 0.3) is 0 Å². The quantitative estimate of drug-likeness (QED) is 0.793. The molecule has 0 radical (unpaired) electrons. The third kappa shape index (κ3) is 5.43. The molecule has 0 saturated heterocycles. The molecule has 106 valence electrons. The normalized spacial score (nSPS) is 14.2. The van der Waals surface area contributed by atoms with E-state index in [0.717, 1.165) is 13.0 Å². The van der Waals surface area contributed by atoms with Crippen LogP contribution in [0.4, 0.5) is 0 Å². The predicted octanol–water partition coefficient (Wildman–Crippen LogP) is 2.89. The number of nitrogens with one attached hydrogen (secondary N) is 2. The molecular weight excluding hydrogens is 236 g/mol. The number of benzene rings is 1. The molecule has 1 amide bonds. The molecule has 0 aromatic heterocycles. The molecule has 2 atom stereocenters. The van der Waals surface area contributed by atoms with Crippen molar-refractivity contribution >= 4 is 5.91 Å². The van der Waals surface area contributed by atoms with E-state index in [0.29, 0.717) is 5.92 Å². The van der Waals surface area contributed by atoms with Crippen molar-refractivity contribution in [3.8, 4) is 0 Å². The zero-order valence-electron chi connectivity index (χ0n) is 12.4. The summed E-state index contributed by atoms with van der Waals surface area (Å²) in [7, 11) is 0. The second-order valence-corrected chi connectivity index (χ2v) is 5.40. The lowest BCUT2D eigenvalue weighted by Gasteiger charge is -2.22. The minimum atomic E-state index is -0.177. The molecule has 0 aliphatic rings. The Morgan fingerprint density at radius 1 is 1.16 bits per heavy atom. The molecule has 0 spiro atoms. The Morgan fingerprint density at radius 2 is 1.79 bits per heavy atom. The topological polar surface area (TPSA) is 41.1 Å². The first kappa shape index (κ1) is 15.7. The van der Waals surface area contributed by atoms with Gasteiger partial charge in [0, 0.05) is 12.6 Å². The molecule has 19 heavy (non-hydrogen) atoms. The number of rotatable bonds is 7. The van der Waals surface area contributed by atoms with Crippen LogP contribution in [0, 0.1) is 5.92 Å². The summed E-state index contributed by atoms with van der Waals surface area (Å²) in [6.45, 7) is 8.96. The molecule has 0 heterocycles. The van der Waals surface area contributed by atoms with Gasteiger partial charge in [0.15, 0.2) is 0 Å². The monoisotopic (exact) mass is 262 g/mol.